The monoisotopic (exact) mass is 318 g/mol. The second-order valence-electron chi connectivity index (χ2n) is 7.56. The van der Waals surface area contributed by atoms with Crippen LogP contribution in [-0.4, -0.2) is 65.3 Å². The summed E-state index contributed by atoms with van der Waals surface area (Å²) in [4.78, 5) is 9.76. The maximum absolute atomic E-state index is 5.52. The van der Waals surface area contributed by atoms with Gasteiger partial charge in [-0.1, -0.05) is 6.42 Å². The van der Waals surface area contributed by atoms with Gasteiger partial charge in [0.2, 0.25) is 0 Å². The molecule has 2 saturated heterocycles. The summed E-state index contributed by atoms with van der Waals surface area (Å²) in [5.41, 5.74) is 1.39. The maximum Gasteiger partial charge on any atom is 0.0952 e. The molecule has 0 radical (unpaired) electrons. The molecular weight excluding hydrogens is 288 g/mol. The molecule has 1 aromatic rings. The summed E-state index contributed by atoms with van der Waals surface area (Å²) in [6, 6.07) is 0.569. The lowest BCUT2D eigenvalue weighted by Gasteiger charge is -2.39. The highest BCUT2D eigenvalue weighted by Crippen LogP contribution is 2.25. The topological polar surface area (TPSA) is 33.5 Å². The molecule has 1 unspecified atom stereocenters. The van der Waals surface area contributed by atoms with Crippen molar-refractivity contribution >= 4 is 0 Å². The second kappa shape index (κ2) is 7.32. The number of likely N-dealkylation sites (tertiary alicyclic amines) is 1. The van der Waals surface area contributed by atoms with E-state index in [9.17, 15) is 0 Å². The summed E-state index contributed by atoms with van der Waals surface area (Å²) >= 11 is 0. The third kappa shape index (κ3) is 3.78. The number of rotatable bonds is 4. The van der Waals surface area contributed by atoms with Gasteiger partial charge >= 0.3 is 0 Å². The Kier molecular flexibility index (Phi) is 4.97. The van der Waals surface area contributed by atoms with Gasteiger partial charge in [0, 0.05) is 45.6 Å². The van der Waals surface area contributed by atoms with Crippen molar-refractivity contribution in [3.05, 3.63) is 18.2 Å². The molecule has 0 amide bonds. The van der Waals surface area contributed by atoms with E-state index in [1.54, 1.807) is 0 Å². The summed E-state index contributed by atoms with van der Waals surface area (Å²) < 4.78 is 7.95. The van der Waals surface area contributed by atoms with Crippen LogP contribution in [0.25, 0.3) is 0 Å². The fourth-order valence-corrected chi connectivity index (χ4v) is 4.48. The fraction of sp³-hybridized carbons (Fsp3) is 0.833. The highest BCUT2D eigenvalue weighted by atomic mass is 16.5. The van der Waals surface area contributed by atoms with Crippen molar-refractivity contribution in [1.29, 1.82) is 0 Å². The van der Waals surface area contributed by atoms with Gasteiger partial charge in [-0.3, -0.25) is 4.90 Å². The molecule has 0 bridgehead atoms. The summed E-state index contributed by atoms with van der Waals surface area (Å²) in [6.45, 7) is 9.12. The van der Waals surface area contributed by atoms with Gasteiger partial charge in [0.1, 0.15) is 0 Å². The van der Waals surface area contributed by atoms with Crippen molar-refractivity contribution in [2.24, 2.45) is 5.92 Å². The van der Waals surface area contributed by atoms with E-state index in [4.69, 9.17) is 4.74 Å². The van der Waals surface area contributed by atoms with Crippen LogP contribution in [0.2, 0.25) is 0 Å². The number of ether oxygens (including phenoxy) is 1. The lowest BCUT2D eigenvalue weighted by Crippen LogP contribution is -2.45. The quantitative estimate of drug-likeness (QED) is 0.852. The fourth-order valence-electron chi connectivity index (χ4n) is 4.48. The number of piperidine rings is 1. The van der Waals surface area contributed by atoms with Gasteiger partial charge in [-0.25, -0.2) is 4.98 Å². The van der Waals surface area contributed by atoms with Crippen LogP contribution in [0.4, 0.5) is 0 Å². The van der Waals surface area contributed by atoms with Crippen LogP contribution < -0.4 is 0 Å². The molecule has 0 N–H and O–H groups in total. The van der Waals surface area contributed by atoms with Crippen LogP contribution in [0.1, 0.15) is 43.8 Å². The minimum Gasteiger partial charge on any atom is -0.381 e. The number of imidazole rings is 1. The van der Waals surface area contributed by atoms with Gasteiger partial charge < -0.3 is 14.2 Å². The van der Waals surface area contributed by atoms with Gasteiger partial charge in [0.15, 0.2) is 0 Å². The first-order chi connectivity index (χ1) is 11.4. The van der Waals surface area contributed by atoms with Crippen LogP contribution in [0.5, 0.6) is 0 Å². The molecule has 2 fully saturated rings. The molecule has 5 nitrogen and oxygen atoms in total. The van der Waals surface area contributed by atoms with Crippen molar-refractivity contribution < 1.29 is 4.74 Å². The zero-order valence-corrected chi connectivity index (χ0v) is 14.2. The lowest BCUT2D eigenvalue weighted by atomic mass is 9.98. The number of aromatic nitrogens is 2. The van der Waals surface area contributed by atoms with E-state index in [0.717, 1.165) is 25.7 Å². The van der Waals surface area contributed by atoms with Gasteiger partial charge in [0.05, 0.1) is 18.1 Å². The van der Waals surface area contributed by atoms with Crippen molar-refractivity contribution in [1.82, 2.24) is 19.4 Å². The largest absolute Gasteiger partial charge is 0.381 e. The van der Waals surface area contributed by atoms with E-state index in [1.165, 1.54) is 70.5 Å². The Morgan fingerprint density at radius 3 is 2.70 bits per heavy atom. The van der Waals surface area contributed by atoms with E-state index < -0.39 is 0 Å². The van der Waals surface area contributed by atoms with E-state index >= 15 is 0 Å². The third-order valence-electron chi connectivity index (χ3n) is 5.77. The Labute approximate surface area is 139 Å². The Morgan fingerprint density at radius 1 is 1.04 bits per heavy atom. The van der Waals surface area contributed by atoms with E-state index in [-0.39, 0.29) is 0 Å². The molecule has 5 heteroatoms. The molecule has 23 heavy (non-hydrogen) atoms. The smallest absolute Gasteiger partial charge is 0.0952 e. The molecule has 1 atom stereocenters. The second-order valence-corrected chi connectivity index (χ2v) is 7.56. The molecule has 128 valence electrons. The average Bonchev–Trinajstić information content (AvgIpc) is 3.05. The van der Waals surface area contributed by atoms with Crippen LogP contribution >= 0.6 is 0 Å². The molecular formula is C18H30N4O. The van der Waals surface area contributed by atoms with Crippen molar-refractivity contribution in [2.75, 3.05) is 45.9 Å². The zero-order valence-electron chi connectivity index (χ0n) is 14.2. The van der Waals surface area contributed by atoms with Crippen LogP contribution in [-0.2, 0) is 11.3 Å². The predicted octanol–water partition coefficient (Wildman–Crippen LogP) is 2.15. The molecule has 0 aliphatic carbocycles. The van der Waals surface area contributed by atoms with Crippen molar-refractivity contribution in [3.8, 4) is 0 Å². The zero-order chi connectivity index (χ0) is 15.5. The van der Waals surface area contributed by atoms with Crippen LogP contribution in [0.3, 0.4) is 0 Å². The number of hydrogen-bond donors (Lipinski definition) is 0. The number of hydrogen-bond acceptors (Lipinski definition) is 4. The highest BCUT2D eigenvalue weighted by Gasteiger charge is 2.28. The molecule has 0 saturated carbocycles. The summed E-state index contributed by atoms with van der Waals surface area (Å²) in [6.07, 6.45) is 10.7. The minimum absolute atomic E-state index is 0.569. The van der Waals surface area contributed by atoms with Crippen LogP contribution in [0.15, 0.2) is 12.5 Å². The predicted molar refractivity (Wildman–Crippen MR) is 90.4 cm³/mol. The Bertz CT molecular complexity index is 491. The number of nitrogens with zero attached hydrogens (tertiary/aromatic N) is 4. The van der Waals surface area contributed by atoms with Gasteiger partial charge in [-0.05, 0) is 44.7 Å². The van der Waals surface area contributed by atoms with E-state index in [1.807, 2.05) is 0 Å². The molecule has 4 rings (SSSR count). The molecule has 0 spiro atoms. The number of fused-ring (bicyclic) bond motifs is 1. The van der Waals surface area contributed by atoms with Gasteiger partial charge in [0.25, 0.3) is 0 Å². The van der Waals surface area contributed by atoms with Crippen molar-refractivity contribution in [3.63, 3.8) is 0 Å². The van der Waals surface area contributed by atoms with E-state index in [2.05, 4.69) is 31.9 Å². The first kappa shape index (κ1) is 15.6. The van der Waals surface area contributed by atoms with Crippen molar-refractivity contribution in [2.45, 2.75) is 44.7 Å². The molecule has 0 aromatic carbocycles. The Hall–Kier alpha value is -0.910. The van der Waals surface area contributed by atoms with Crippen LogP contribution in [0, 0.1) is 5.92 Å². The summed E-state index contributed by atoms with van der Waals surface area (Å²) in [7, 11) is 0. The minimum atomic E-state index is 0.569. The molecule has 4 heterocycles. The summed E-state index contributed by atoms with van der Waals surface area (Å²) in [5.74, 6) is 0.814. The highest BCUT2D eigenvalue weighted by molar-refractivity contribution is 5.05. The first-order valence-corrected chi connectivity index (χ1v) is 9.41. The Morgan fingerprint density at radius 2 is 1.87 bits per heavy atom. The molecule has 1 aromatic heterocycles. The maximum atomic E-state index is 5.52. The first-order valence-electron chi connectivity index (χ1n) is 9.41. The SMILES string of the molecule is c1ncn2c1CN(CC1CCOCC1)CC2CN1CCCCC1. The van der Waals surface area contributed by atoms with E-state index in [0.29, 0.717) is 6.04 Å². The molecule has 3 aliphatic heterocycles. The lowest BCUT2D eigenvalue weighted by molar-refractivity contribution is 0.0430. The normalized spacial score (nSPS) is 27.9. The third-order valence-corrected chi connectivity index (χ3v) is 5.77. The Balaban J connectivity index is 1.41. The summed E-state index contributed by atoms with van der Waals surface area (Å²) in [5, 5.41) is 0. The molecule has 3 aliphatic rings. The van der Waals surface area contributed by atoms with Gasteiger partial charge in [-0.2, -0.15) is 0 Å². The van der Waals surface area contributed by atoms with Gasteiger partial charge in [-0.15, -0.1) is 0 Å². The standard InChI is InChI=1S/C18H30N4O/c1-2-6-20(7-3-1)13-18-14-21(11-16-4-8-23-9-5-16)12-17-10-19-15-22(17)18/h10,15-16,18H,1-9,11-14H2. The average molecular weight is 318 g/mol.